The van der Waals surface area contributed by atoms with Gasteiger partial charge in [0.15, 0.2) is 0 Å². The van der Waals surface area contributed by atoms with E-state index in [2.05, 4.69) is 30.4 Å². The zero-order valence-corrected chi connectivity index (χ0v) is 13.2. The van der Waals surface area contributed by atoms with Crippen molar-refractivity contribution in [1.29, 1.82) is 0 Å². The van der Waals surface area contributed by atoms with Crippen molar-refractivity contribution in [1.82, 2.24) is 5.32 Å². The quantitative estimate of drug-likeness (QED) is 0.845. The molecule has 0 spiro atoms. The number of aryl methyl sites for hydroxylation is 2. The molecule has 0 saturated heterocycles. The van der Waals surface area contributed by atoms with E-state index >= 15 is 0 Å². The number of benzene rings is 1. The number of amides is 1. The van der Waals surface area contributed by atoms with Crippen LogP contribution >= 0.6 is 0 Å². The highest BCUT2D eigenvalue weighted by Crippen LogP contribution is 2.37. The van der Waals surface area contributed by atoms with E-state index in [9.17, 15) is 4.79 Å². The monoisotopic (exact) mass is 290 g/mol. The summed E-state index contributed by atoms with van der Waals surface area (Å²) >= 11 is 0. The Morgan fingerprint density at radius 3 is 2.90 bits per heavy atom. The topological polar surface area (TPSA) is 64.3 Å². The summed E-state index contributed by atoms with van der Waals surface area (Å²) in [6.07, 6.45) is 3.74. The van der Waals surface area contributed by atoms with Crippen LogP contribution in [0.5, 0.6) is 5.75 Å². The molecule has 3 N–H and O–H groups in total. The molecule has 116 valence electrons. The molecule has 0 aliphatic heterocycles. The summed E-state index contributed by atoms with van der Waals surface area (Å²) in [6, 6.07) is 6.21. The lowest BCUT2D eigenvalue weighted by molar-refractivity contribution is -0.125. The van der Waals surface area contributed by atoms with Gasteiger partial charge in [0.1, 0.15) is 11.3 Å². The predicted molar refractivity (Wildman–Crippen MR) is 84.4 cm³/mol. The molecule has 21 heavy (non-hydrogen) atoms. The fraction of sp³-hybridized carbons (Fsp3) is 0.588. The summed E-state index contributed by atoms with van der Waals surface area (Å²) in [5.74, 6) is 0.950. The van der Waals surface area contributed by atoms with Gasteiger partial charge in [-0.1, -0.05) is 18.6 Å². The highest BCUT2D eigenvalue weighted by Gasteiger charge is 2.46. The lowest BCUT2D eigenvalue weighted by Gasteiger charge is -2.32. The van der Waals surface area contributed by atoms with Crippen LogP contribution in [0.1, 0.15) is 36.8 Å². The lowest BCUT2D eigenvalue weighted by atomic mass is 9.84. The maximum absolute atomic E-state index is 11.8. The first-order valence-corrected chi connectivity index (χ1v) is 7.68. The minimum atomic E-state index is -0.551. The first-order chi connectivity index (χ1) is 9.99. The molecular formula is C17H26N2O2. The molecule has 1 fully saturated rings. The standard InChI is InChI=1S/C17H26N2O2/c1-12-6-7-13(2)15(11-12)21-10-8-14-5-4-9-17(14,19-3)16(18)20/h6-7,11,14,19H,4-5,8-10H2,1-3H3,(H2,18,20). The number of nitrogens with one attached hydrogen (secondary N) is 1. The van der Waals surface area contributed by atoms with Crippen molar-refractivity contribution in [3.05, 3.63) is 29.3 Å². The summed E-state index contributed by atoms with van der Waals surface area (Å²) in [5.41, 5.74) is 7.40. The number of primary amides is 1. The van der Waals surface area contributed by atoms with Gasteiger partial charge in [-0.15, -0.1) is 0 Å². The van der Waals surface area contributed by atoms with Gasteiger partial charge in [0.05, 0.1) is 6.61 Å². The van der Waals surface area contributed by atoms with E-state index in [0.29, 0.717) is 6.61 Å². The molecule has 0 aromatic heterocycles. The average Bonchev–Trinajstić information content (AvgIpc) is 2.87. The van der Waals surface area contributed by atoms with E-state index in [0.717, 1.165) is 37.0 Å². The van der Waals surface area contributed by atoms with Gasteiger partial charge in [0.25, 0.3) is 0 Å². The van der Waals surface area contributed by atoms with Crippen LogP contribution in [-0.4, -0.2) is 25.1 Å². The molecule has 2 rings (SSSR count). The van der Waals surface area contributed by atoms with Crippen LogP contribution in [0.25, 0.3) is 0 Å². The Morgan fingerprint density at radius 2 is 2.24 bits per heavy atom. The maximum Gasteiger partial charge on any atom is 0.238 e. The van der Waals surface area contributed by atoms with Crippen LogP contribution in [-0.2, 0) is 4.79 Å². The molecule has 1 amide bonds. The first kappa shape index (κ1) is 15.8. The minimum Gasteiger partial charge on any atom is -0.493 e. The van der Waals surface area contributed by atoms with Crippen molar-refractivity contribution in [3.63, 3.8) is 0 Å². The van der Waals surface area contributed by atoms with Gasteiger partial charge in [0, 0.05) is 0 Å². The van der Waals surface area contributed by atoms with Gasteiger partial charge in [-0.3, -0.25) is 4.79 Å². The van der Waals surface area contributed by atoms with Crippen LogP contribution in [0.3, 0.4) is 0 Å². The van der Waals surface area contributed by atoms with E-state index in [1.165, 1.54) is 5.56 Å². The van der Waals surface area contributed by atoms with Crippen molar-refractivity contribution in [2.45, 2.75) is 45.1 Å². The van der Waals surface area contributed by atoms with Crippen LogP contribution in [0.4, 0.5) is 0 Å². The second-order valence-electron chi connectivity index (χ2n) is 6.08. The molecule has 4 heteroatoms. The van der Waals surface area contributed by atoms with Crippen LogP contribution < -0.4 is 15.8 Å². The molecule has 0 bridgehead atoms. The van der Waals surface area contributed by atoms with Crippen molar-refractivity contribution in [2.75, 3.05) is 13.7 Å². The van der Waals surface area contributed by atoms with Crippen molar-refractivity contribution in [2.24, 2.45) is 11.7 Å². The van der Waals surface area contributed by atoms with Gasteiger partial charge in [0.2, 0.25) is 5.91 Å². The number of rotatable bonds is 6. The number of hydrogen-bond donors (Lipinski definition) is 2. The Kier molecular flexibility index (Phi) is 4.88. The highest BCUT2D eigenvalue weighted by molar-refractivity contribution is 5.85. The molecule has 2 unspecified atom stereocenters. The van der Waals surface area contributed by atoms with Crippen LogP contribution in [0, 0.1) is 19.8 Å². The van der Waals surface area contributed by atoms with E-state index in [1.54, 1.807) is 0 Å². The molecular weight excluding hydrogens is 264 g/mol. The summed E-state index contributed by atoms with van der Waals surface area (Å²) in [7, 11) is 1.83. The summed E-state index contributed by atoms with van der Waals surface area (Å²) in [5, 5.41) is 3.17. The predicted octanol–water partition coefficient (Wildman–Crippen LogP) is 2.32. The smallest absolute Gasteiger partial charge is 0.238 e. The summed E-state index contributed by atoms with van der Waals surface area (Å²) < 4.78 is 5.92. The van der Waals surface area contributed by atoms with Crippen LogP contribution in [0.2, 0.25) is 0 Å². The molecule has 1 aliphatic rings. The van der Waals surface area contributed by atoms with Crippen molar-refractivity contribution >= 4 is 5.91 Å². The lowest BCUT2D eigenvalue weighted by Crippen LogP contribution is -2.56. The second kappa shape index (κ2) is 6.48. The average molecular weight is 290 g/mol. The Balaban J connectivity index is 1.96. The minimum absolute atomic E-state index is 0.237. The number of ether oxygens (including phenoxy) is 1. The van der Waals surface area contributed by atoms with Crippen molar-refractivity contribution in [3.8, 4) is 5.75 Å². The van der Waals surface area contributed by atoms with Gasteiger partial charge in [-0.05, 0) is 63.3 Å². The zero-order valence-electron chi connectivity index (χ0n) is 13.2. The molecule has 1 aliphatic carbocycles. The normalized spacial score (nSPS) is 25.0. The van der Waals surface area contributed by atoms with Gasteiger partial charge in [-0.25, -0.2) is 0 Å². The second-order valence-corrected chi connectivity index (χ2v) is 6.08. The fourth-order valence-corrected chi connectivity index (χ4v) is 3.42. The molecule has 0 heterocycles. The Morgan fingerprint density at radius 1 is 1.48 bits per heavy atom. The fourth-order valence-electron chi connectivity index (χ4n) is 3.42. The van der Waals surface area contributed by atoms with Gasteiger partial charge in [-0.2, -0.15) is 0 Å². The molecule has 2 atom stereocenters. The Labute approximate surface area is 127 Å². The van der Waals surface area contributed by atoms with Gasteiger partial charge < -0.3 is 15.8 Å². The number of hydrogen-bond acceptors (Lipinski definition) is 3. The van der Waals surface area contributed by atoms with E-state index < -0.39 is 5.54 Å². The largest absolute Gasteiger partial charge is 0.493 e. The van der Waals surface area contributed by atoms with E-state index in [1.807, 2.05) is 14.0 Å². The molecule has 0 radical (unpaired) electrons. The van der Waals surface area contributed by atoms with E-state index in [-0.39, 0.29) is 11.8 Å². The number of nitrogens with two attached hydrogens (primary N) is 1. The molecule has 4 nitrogen and oxygen atoms in total. The van der Waals surface area contributed by atoms with E-state index in [4.69, 9.17) is 10.5 Å². The summed E-state index contributed by atoms with van der Waals surface area (Å²) in [4.78, 5) is 11.8. The third-order valence-corrected chi connectivity index (χ3v) is 4.77. The highest BCUT2D eigenvalue weighted by atomic mass is 16.5. The zero-order chi connectivity index (χ0) is 15.5. The number of carbonyl (C=O) groups excluding carboxylic acids is 1. The van der Waals surface area contributed by atoms with Crippen LogP contribution in [0.15, 0.2) is 18.2 Å². The molecule has 1 saturated carbocycles. The third kappa shape index (κ3) is 3.21. The van der Waals surface area contributed by atoms with Crippen molar-refractivity contribution < 1.29 is 9.53 Å². The number of likely N-dealkylation sites (N-methyl/N-ethyl adjacent to an activating group) is 1. The molecule has 1 aromatic carbocycles. The Bertz CT molecular complexity index is 516. The SMILES string of the molecule is CNC1(C(N)=O)CCCC1CCOc1cc(C)ccc1C. The number of carbonyl (C=O) groups is 1. The maximum atomic E-state index is 11.8. The summed E-state index contributed by atoms with van der Waals surface area (Å²) in [6.45, 7) is 4.72. The third-order valence-electron chi connectivity index (χ3n) is 4.77. The van der Waals surface area contributed by atoms with Gasteiger partial charge >= 0.3 is 0 Å². The molecule has 1 aromatic rings. The Hall–Kier alpha value is -1.55. The first-order valence-electron chi connectivity index (χ1n) is 7.68.